The minimum Gasteiger partial charge on any atom is -0.480 e. The van der Waals surface area contributed by atoms with E-state index in [-0.39, 0.29) is 9.88 Å². The number of carboxylic acids is 1. The molecule has 1 saturated heterocycles. The Morgan fingerprint density at radius 1 is 1.09 bits per heavy atom. The lowest BCUT2D eigenvalue weighted by molar-refractivity contribution is -0.140. The molecule has 170 valence electrons. The third kappa shape index (κ3) is 4.33. The Morgan fingerprint density at radius 3 is 2.55 bits per heavy atom. The Hall–Kier alpha value is -2.95. The lowest BCUT2D eigenvalue weighted by Gasteiger charge is -2.29. The number of aliphatic carboxylic acids is 1. The SMILES string of the molecule is CCN1C(=CC=c2s/c(=C3\SC(=S)N(CC(=O)O)C3=O)n(CC)c2=O)C=Cc2ccccc21. The molecule has 0 radical (unpaired) electrons. The number of rotatable bonds is 5. The summed E-state index contributed by atoms with van der Waals surface area (Å²) < 4.78 is 2.70. The van der Waals surface area contributed by atoms with Crippen molar-refractivity contribution in [2.24, 2.45) is 0 Å². The Bertz CT molecular complexity index is 1400. The van der Waals surface area contributed by atoms with Gasteiger partial charge >= 0.3 is 5.97 Å². The summed E-state index contributed by atoms with van der Waals surface area (Å²) in [5.41, 5.74) is 3.01. The monoisotopic (exact) mass is 499 g/mol. The standard InChI is InChI=1S/C23H21N3O4S3/c1-3-24-15(10-9-14-7-5-6-8-16(14)24)11-12-17-20(29)25(4-2)22(32-17)19-21(30)26(13-18(27)28)23(31)33-19/h5-12H,3-4,13H2,1-2H3,(H,27,28)/b15-11?,17-12?,22-19-. The minimum atomic E-state index is -1.14. The molecule has 1 N–H and O–H groups in total. The van der Waals surface area contributed by atoms with Crippen molar-refractivity contribution < 1.29 is 14.7 Å². The molecule has 3 heterocycles. The lowest BCUT2D eigenvalue weighted by Crippen LogP contribution is -2.35. The number of likely N-dealkylation sites (N-methyl/N-ethyl adjacent to an activating group) is 1. The Morgan fingerprint density at radius 2 is 1.85 bits per heavy atom. The van der Waals surface area contributed by atoms with Crippen LogP contribution in [-0.4, -0.2) is 43.9 Å². The van der Waals surface area contributed by atoms with Crippen molar-refractivity contribution in [2.45, 2.75) is 20.4 Å². The molecular weight excluding hydrogens is 478 g/mol. The molecule has 33 heavy (non-hydrogen) atoms. The van der Waals surface area contributed by atoms with E-state index in [2.05, 4.69) is 24.0 Å². The van der Waals surface area contributed by atoms with Crippen molar-refractivity contribution in [1.82, 2.24) is 9.47 Å². The van der Waals surface area contributed by atoms with Gasteiger partial charge in [0.25, 0.3) is 11.5 Å². The van der Waals surface area contributed by atoms with Gasteiger partial charge < -0.3 is 10.0 Å². The molecule has 0 unspecified atom stereocenters. The second-order valence-electron chi connectivity index (χ2n) is 7.20. The largest absolute Gasteiger partial charge is 0.480 e. The maximum absolute atomic E-state index is 13.1. The van der Waals surface area contributed by atoms with Crippen LogP contribution in [0.5, 0.6) is 0 Å². The molecule has 1 aromatic heterocycles. The Balaban J connectivity index is 1.80. The number of thiazole rings is 1. The maximum atomic E-state index is 13.1. The maximum Gasteiger partial charge on any atom is 0.323 e. The van der Waals surface area contributed by atoms with Gasteiger partial charge in [-0.3, -0.25) is 23.9 Å². The first kappa shape index (κ1) is 23.2. The number of hydrogen-bond donors (Lipinski definition) is 1. The van der Waals surface area contributed by atoms with Gasteiger partial charge in [0, 0.05) is 24.5 Å². The fourth-order valence-electron chi connectivity index (χ4n) is 3.73. The lowest BCUT2D eigenvalue weighted by atomic mass is 10.1. The number of amides is 1. The molecule has 0 atom stereocenters. The topological polar surface area (TPSA) is 82.8 Å². The summed E-state index contributed by atoms with van der Waals surface area (Å²) in [4.78, 5) is 40.5. The fraction of sp³-hybridized carbons (Fsp3) is 0.217. The highest BCUT2D eigenvalue weighted by molar-refractivity contribution is 8.30. The van der Waals surface area contributed by atoms with E-state index in [0.717, 1.165) is 40.2 Å². The van der Waals surface area contributed by atoms with E-state index in [1.807, 2.05) is 37.3 Å². The first-order valence-corrected chi connectivity index (χ1v) is 12.4. The van der Waals surface area contributed by atoms with E-state index in [9.17, 15) is 14.4 Å². The highest BCUT2D eigenvalue weighted by atomic mass is 32.2. The minimum absolute atomic E-state index is 0.179. The summed E-state index contributed by atoms with van der Waals surface area (Å²) in [6.07, 6.45) is 7.75. The molecule has 7 nitrogen and oxygen atoms in total. The molecule has 0 aliphatic carbocycles. The smallest absolute Gasteiger partial charge is 0.323 e. The number of hydrogen-bond acceptors (Lipinski definition) is 7. The van der Waals surface area contributed by atoms with Crippen LogP contribution in [0, 0.1) is 0 Å². The van der Waals surface area contributed by atoms with Crippen LogP contribution in [0.4, 0.5) is 5.69 Å². The average Bonchev–Trinajstić information content (AvgIpc) is 3.26. The highest BCUT2D eigenvalue weighted by Crippen LogP contribution is 2.31. The number of para-hydroxylation sites is 1. The number of thioether (sulfide) groups is 1. The number of fused-ring (bicyclic) bond motifs is 1. The number of anilines is 1. The van der Waals surface area contributed by atoms with Crippen LogP contribution in [0.2, 0.25) is 0 Å². The van der Waals surface area contributed by atoms with Gasteiger partial charge in [0.1, 0.15) is 20.4 Å². The van der Waals surface area contributed by atoms with E-state index in [0.29, 0.717) is 20.6 Å². The summed E-state index contributed by atoms with van der Waals surface area (Å²) >= 11 is 7.44. The van der Waals surface area contributed by atoms with Gasteiger partial charge in [0.15, 0.2) is 0 Å². The van der Waals surface area contributed by atoms with Gasteiger partial charge in [-0.05, 0) is 43.7 Å². The normalized spacial score (nSPS) is 19.1. The van der Waals surface area contributed by atoms with Crippen LogP contribution in [0.3, 0.4) is 0 Å². The summed E-state index contributed by atoms with van der Waals surface area (Å²) in [5.74, 6) is -1.63. The van der Waals surface area contributed by atoms with Crippen molar-refractivity contribution in [3.63, 3.8) is 0 Å². The molecule has 0 saturated carbocycles. The fourth-order valence-corrected chi connectivity index (χ4v) is 6.24. The molecule has 4 rings (SSSR count). The molecular formula is C23H21N3O4S3. The summed E-state index contributed by atoms with van der Waals surface area (Å²) in [6, 6.07) is 8.13. The van der Waals surface area contributed by atoms with Gasteiger partial charge in [-0.1, -0.05) is 48.3 Å². The molecule has 1 fully saturated rings. The molecule has 2 aromatic rings. The Kier molecular flexibility index (Phi) is 6.68. The van der Waals surface area contributed by atoms with E-state index < -0.39 is 18.4 Å². The third-order valence-corrected chi connectivity index (χ3v) is 7.97. The van der Waals surface area contributed by atoms with Crippen molar-refractivity contribution in [1.29, 1.82) is 0 Å². The first-order valence-electron chi connectivity index (χ1n) is 10.3. The number of carboxylic acid groups (broad SMARTS) is 1. The number of carbonyl (C=O) groups excluding carboxylic acids is 1. The molecule has 0 bridgehead atoms. The highest BCUT2D eigenvalue weighted by Gasteiger charge is 2.35. The number of carbonyl (C=O) groups is 2. The van der Waals surface area contributed by atoms with Crippen molar-refractivity contribution in [2.75, 3.05) is 18.0 Å². The second kappa shape index (κ2) is 9.50. The van der Waals surface area contributed by atoms with Crippen LogP contribution < -0.4 is 19.7 Å². The third-order valence-electron chi connectivity index (χ3n) is 5.26. The summed E-state index contributed by atoms with van der Waals surface area (Å²) in [5, 5.41) is 9.07. The molecule has 1 aromatic carbocycles. The quantitative estimate of drug-likeness (QED) is 0.632. The molecule has 10 heteroatoms. The van der Waals surface area contributed by atoms with E-state index in [1.54, 1.807) is 6.08 Å². The zero-order chi connectivity index (χ0) is 23.7. The number of benzene rings is 1. The van der Waals surface area contributed by atoms with Gasteiger partial charge in [-0.2, -0.15) is 0 Å². The van der Waals surface area contributed by atoms with Gasteiger partial charge in [-0.25, -0.2) is 0 Å². The van der Waals surface area contributed by atoms with Crippen LogP contribution in [0.25, 0.3) is 17.1 Å². The van der Waals surface area contributed by atoms with E-state index in [1.165, 1.54) is 15.9 Å². The van der Waals surface area contributed by atoms with Crippen LogP contribution in [0.1, 0.15) is 19.4 Å². The predicted octanol–water partition coefficient (Wildman–Crippen LogP) is 2.20. The second-order valence-corrected chi connectivity index (χ2v) is 9.87. The van der Waals surface area contributed by atoms with Gasteiger partial charge in [-0.15, -0.1) is 11.3 Å². The van der Waals surface area contributed by atoms with Crippen LogP contribution in [-0.2, 0) is 16.1 Å². The first-order chi connectivity index (χ1) is 15.8. The van der Waals surface area contributed by atoms with Crippen LogP contribution in [0.15, 0.2) is 46.9 Å². The summed E-state index contributed by atoms with van der Waals surface area (Å²) in [7, 11) is 0. The Labute approximate surface area is 203 Å². The van der Waals surface area contributed by atoms with E-state index >= 15 is 0 Å². The van der Waals surface area contributed by atoms with Crippen molar-refractivity contribution in [3.05, 3.63) is 67.2 Å². The average molecular weight is 500 g/mol. The zero-order valence-electron chi connectivity index (χ0n) is 18.0. The summed E-state index contributed by atoms with van der Waals surface area (Å²) in [6.45, 7) is 4.56. The number of aromatic nitrogens is 1. The van der Waals surface area contributed by atoms with Gasteiger partial charge in [0.05, 0.1) is 4.53 Å². The zero-order valence-corrected chi connectivity index (χ0v) is 20.4. The number of thiocarbonyl (C=S) groups is 1. The van der Waals surface area contributed by atoms with Crippen molar-refractivity contribution in [3.8, 4) is 0 Å². The number of nitrogens with zero attached hydrogens (tertiary/aromatic N) is 3. The molecule has 0 spiro atoms. The van der Waals surface area contributed by atoms with Gasteiger partial charge in [0.2, 0.25) is 0 Å². The predicted molar refractivity (Wildman–Crippen MR) is 137 cm³/mol. The van der Waals surface area contributed by atoms with Crippen molar-refractivity contribution >= 4 is 74.3 Å². The number of allylic oxidation sites excluding steroid dienone is 2. The molecule has 2 aliphatic rings. The van der Waals surface area contributed by atoms with Crippen LogP contribution >= 0.6 is 35.3 Å². The molecule has 1 amide bonds. The van der Waals surface area contributed by atoms with E-state index in [4.69, 9.17) is 17.3 Å². The molecule has 2 aliphatic heterocycles.